The average Bonchev–Trinajstić information content (AvgIpc) is 3.51. The fraction of sp³-hybridized carbons (Fsp3) is 0.324. The SMILES string of the molecule is CCOC(=O)[C@H]1CCN(C(=O)CNc2ccc3c(N)nccc3c2)[C@H]1c1ccccc1S(=O)(=O)CC.CCOc1ccccc1Cl. The molecule has 5 rings (SSSR count). The summed E-state index contributed by atoms with van der Waals surface area (Å²) in [6, 6.07) is 20.7. The Bertz CT molecular complexity index is 1780. The van der Waals surface area contributed by atoms with Gasteiger partial charge in [-0.15, -0.1) is 0 Å². The van der Waals surface area contributed by atoms with E-state index in [1.165, 1.54) is 6.07 Å². The van der Waals surface area contributed by atoms with Crippen molar-refractivity contribution in [1.82, 2.24) is 9.88 Å². The highest BCUT2D eigenvalue weighted by atomic mass is 35.5. The monoisotopic (exact) mass is 666 g/mol. The minimum atomic E-state index is -3.58. The van der Waals surface area contributed by atoms with Crippen molar-refractivity contribution in [1.29, 1.82) is 0 Å². The highest BCUT2D eigenvalue weighted by molar-refractivity contribution is 7.91. The molecule has 0 unspecified atom stereocenters. The van der Waals surface area contributed by atoms with E-state index in [9.17, 15) is 18.0 Å². The molecule has 12 heteroatoms. The number of nitrogens with one attached hydrogen (secondary N) is 1. The zero-order valence-electron chi connectivity index (χ0n) is 26.1. The van der Waals surface area contributed by atoms with Gasteiger partial charge in [-0.3, -0.25) is 9.59 Å². The lowest BCUT2D eigenvalue weighted by molar-refractivity contribution is -0.149. The smallest absolute Gasteiger partial charge is 0.311 e. The van der Waals surface area contributed by atoms with Crippen LogP contribution in [-0.4, -0.2) is 62.2 Å². The average molecular weight is 667 g/mol. The zero-order chi connectivity index (χ0) is 33.3. The van der Waals surface area contributed by atoms with Gasteiger partial charge < -0.3 is 25.4 Å². The van der Waals surface area contributed by atoms with Gasteiger partial charge in [-0.25, -0.2) is 13.4 Å². The predicted molar refractivity (Wildman–Crippen MR) is 181 cm³/mol. The van der Waals surface area contributed by atoms with E-state index < -0.39 is 27.8 Å². The van der Waals surface area contributed by atoms with Gasteiger partial charge >= 0.3 is 5.97 Å². The summed E-state index contributed by atoms with van der Waals surface area (Å²) in [6.45, 7) is 6.37. The highest BCUT2D eigenvalue weighted by Crippen LogP contribution is 2.41. The van der Waals surface area contributed by atoms with Gasteiger partial charge in [-0.05, 0) is 73.7 Å². The Morgan fingerprint density at radius 1 is 1.02 bits per heavy atom. The molecule has 0 aliphatic carbocycles. The zero-order valence-corrected chi connectivity index (χ0v) is 27.7. The molecule has 3 aromatic carbocycles. The quantitative estimate of drug-likeness (QED) is 0.198. The number of nitrogens with two attached hydrogens (primary N) is 1. The van der Waals surface area contributed by atoms with Crippen molar-refractivity contribution >= 4 is 55.6 Å². The first-order chi connectivity index (χ1) is 22.1. The van der Waals surface area contributed by atoms with Gasteiger partial charge in [-0.1, -0.05) is 48.9 Å². The number of benzene rings is 3. The normalized spacial score (nSPS) is 16.0. The van der Waals surface area contributed by atoms with Gasteiger partial charge in [0.15, 0.2) is 9.84 Å². The van der Waals surface area contributed by atoms with Gasteiger partial charge in [0.1, 0.15) is 11.6 Å². The fourth-order valence-corrected chi connectivity index (χ4v) is 6.76. The lowest BCUT2D eigenvalue weighted by Crippen LogP contribution is -2.38. The van der Waals surface area contributed by atoms with E-state index in [1.807, 2.05) is 55.5 Å². The number of likely N-dealkylation sites (tertiary alicyclic amines) is 1. The Balaban J connectivity index is 0.000000409. The number of nitrogen functional groups attached to an aromatic ring is 1. The first-order valence-electron chi connectivity index (χ1n) is 15.1. The van der Waals surface area contributed by atoms with Crippen LogP contribution in [0.3, 0.4) is 0 Å². The van der Waals surface area contributed by atoms with Crippen LogP contribution >= 0.6 is 11.6 Å². The van der Waals surface area contributed by atoms with Crippen molar-refractivity contribution in [2.75, 3.05) is 43.1 Å². The Morgan fingerprint density at radius 2 is 1.76 bits per heavy atom. The number of para-hydroxylation sites is 1. The van der Waals surface area contributed by atoms with Crippen LogP contribution in [0.25, 0.3) is 10.8 Å². The molecule has 2 heterocycles. The van der Waals surface area contributed by atoms with Crippen molar-refractivity contribution in [2.24, 2.45) is 5.92 Å². The number of aromatic nitrogens is 1. The molecular formula is C34H39ClN4O6S. The fourth-order valence-electron chi connectivity index (χ4n) is 5.42. The molecule has 0 spiro atoms. The molecule has 0 bridgehead atoms. The summed E-state index contributed by atoms with van der Waals surface area (Å²) in [4.78, 5) is 32.0. The van der Waals surface area contributed by atoms with Crippen molar-refractivity contribution in [2.45, 2.75) is 38.1 Å². The third kappa shape index (κ3) is 8.07. The van der Waals surface area contributed by atoms with Crippen molar-refractivity contribution in [3.8, 4) is 5.75 Å². The second kappa shape index (κ2) is 15.8. The number of carbonyl (C=O) groups is 2. The minimum Gasteiger partial charge on any atom is -0.492 e. The molecule has 10 nitrogen and oxygen atoms in total. The van der Waals surface area contributed by atoms with Gasteiger partial charge in [0.2, 0.25) is 5.91 Å². The molecule has 3 N–H and O–H groups in total. The van der Waals surface area contributed by atoms with Gasteiger partial charge in [0.05, 0.1) is 47.4 Å². The van der Waals surface area contributed by atoms with Crippen LogP contribution < -0.4 is 15.8 Å². The standard InChI is InChI=1S/C26H30N4O5S.C8H9ClO/c1-3-35-26(32)21-12-14-30(24(21)20-7-5-6-8-22(20)36(33,34)4-2)23(31)16-29-18-9-10-19-17(15-18)11-13-28-25(19)27;1-2-10-8-6-4-3-5-7(8)9/h5-11,13,15,21,24,29H,3-4,12,14,16H2,1-2H3,(H2,27,28);3-6H,2H2,1H3/t21-,24-;/m0./s1. The lowest BCUT2D eigenvalue weighted by Gasteiger charge is -2.29. The van der Waals surface area contributed by atoms with E-state index in [1.54, 1.807) is 43.1 Å². The number of hydrogen-bond donors (Lipinski definition) is 2. The third-order valence-corrected chi connectivity index (χ3v) is 9.75. The van der Waals surface area contributed by atoms with Crippen LogP contribution in [0.15, 0.2) is 83.9 Å². The number of anilines is 2. The summed E-state index contributed by atoms with van der Waals surface area (Å²) in [5.74, 6) is -0.233. The number of pyridine rings is 1. The molecule has 1 saturated heterocycles. The number of amides is 1. The van der Waals surface area contributed by atoms with E-state index in [0.29, 0.717) is 36.0 Å². The maximum atomic E-state index is 13.4. The van der Waals surface area contributed by atoms with E-state index in [0.717, 1.165) is 22.2 Å². The molecule has 0 radical (unpaired) electrons. The van der Waals surface area contributed by atoms with E-state index in [2.05, 4.69) is 10.3 Å². The molecule has 1 amide bonds. The first kappa shape index (κ1) is 34.5. The number of nitrogens with zero attached hydrogens (tertiary/aromatic N) is 2. The molecule has 1 aromatic heterocycles. The summed E-state index contributed by atoms with van der Waals surface area (Å²) in [6.07, 6.45) is 2.01. The molecule has 2 atom stereocenters. The number of fused-ring (bicyclic) bond motifs is 1. The maximum absolute atomic E-state index is 13.4. The Hall–Kier alpha value is -4.35. The van der Waals surface area contributed by atoms with Crippen LogP contribution in [0.2, 0.25) is 5.02 Å². The van der Waals surface area contributed by atoms with Crippen LogP contribution in [-0.2, 0) is 24.2 Å². The summed E-state index contributed by atoms with van der Waals surface area (Å²) in [7, 11) is -3.58. The number of esters is 1. The molecule has 1 aliphatic rings. The molecule has 4 aromatic rings. The second-order valence-electron chi connectivity index (χ2n) is 10.5. The van der Waals surface area contributed by atoms with Crippen molar-refractivity contribution in [3.05, 3.63) is 89.6 Å². The number of ether oxygens (including phenoxy) is 2. The molecule has 46 heavy (non-hydrogen) atoms. The summed E-state index contributed by atoms with van der Waals surface area (Å²) in [5, 5.41) is 5.52. The van der Waals surface area contributed by atoms with Gasteiger partial charge in [0.25, 0.3) is 0 Å². The summed E-state index contributed by atoms with van der Waals surface area (Å²) in [5.41, 5.74) is 7.09. The summed E-state index contributed by atoms with van der Waals surface area (Å²) >= 11 is 5.78. The van der Waals surface area contributed by atoms with E-state index in [-0.39, 0.29) is 29.7 Å². The van der Waals surface area contributed by atoms with Crippen molar-refractivity contribution < 1.29 is 27.5 Å². The van der Waals surface area contributed by atoms with Crippen molar-refractivity contribution in [3.63, 3.8) is 0 Å². The van der Waals surface area contributed by atoms with Crippen LogP contribution in [0.1, 0.15) is 38.8 Å². The van der Waals surface area contributed by atoms with Crippen LogP contribution in [0, 0.1) is 5.92 Å². The second-order valence-corrected chi connectivity index (χ2v) is 13.1. The number of halogens is 1. The Morgan fingerprint density at radius 3 is 2.48 bits per heavy atom. The minimum absolute atomic E-state index is 0.0270. The number of sulfone groups is 1. The Kier molecular flexibility index (Phi) is 11.8. The predicted octanol–water partition coefficient (Wildman–Crippen LogP) is 5.91. The van der Waals surface area contributed by atoms with Gasteiger partial charge in [-0.2, -0.15) is 0 Å². The molecule has 244 valence electrons. The molecule has 1 aliphatic heterocycles. The highest BCUT2D eigenvalue weighted by Gasteiger charge is 2.44. The van der Waals surface area contributed by atoms with Crippen LogP contribution in [0.5, 0.6) is 5.75 Å². The molecule has 0 saturated carbocycles. The Labute approximate surface area is 274 Å². The number of carbonyl (C=O) groups excluding carboxylic acids is 2. The van der Waals surface area contributed by atoms with Crippen LogP contribution in [0.4, 0.5) is 11.5 Å². The number of hydrogen-bond acceptors (Lipinski definition) is 9. The summed E-state index contributed by atoms with van der Waals surface area (Å²) < 4.78 is 36.2. The van der Waals surface area contributed by atoms with E-state index in [4.69, 9.17) is 26.8 Å². The van der Waals surface area contributed by atoms with Gasteiger partial charge in [0, 0.05) is 23.8 Å². The first-order valence-corrected chi connectivity index (χ1v) is 17.2. The van der Waals surface area contributed by atoms with E-state index >= 15 is 0 Å². The molecule has 1 fully saturated rings. The topological polar surface area (TPSA) is 141 Å². The largest absolute Gasteiger partial charge is 0.492 e. The maximum Gasteiger partial charge on any atom is 0.311 e. The number of rotatable bonds is 10. The third-order valence-electron chi connectivity index (χ3n) is 7.64. The molecular weight excluding hydrogens is 628 g/mol. The lowest BCUT2D eigenvalue weighted by atomic mass is 9.93.